The van der Waals surface area contributed by atoms with E-state index < -0.39 is 11.6 Å². The minimum Gasteiger partial charge on any atom is -0.492 e. The topological polar surface area (TPSA) is 76.1 Å². The molecule has 1 aliphatic heterocycles. The smallest absolute Gasteiger partial charge is 0.335 e. The zero-order valence-electron chi connectivity index (χ0n) is 20.2. The molecule has 1 fully saturated rings. The largest absolute Gasteiger partial charge is 0.492 e. The molecule has 1 N–H and O–H groups in total. The number of carbonyl (C=O) groups is 2. The number of ether oxygens (including phenoxy) is 2. The third-order valence-electron chi connectivity index (χ3n) is 6.66. The molecule has 1 saturated carbocycles. The fraction of sp³-hybridized carbons (Fsp3) is 0.429. The van der Waals surface area contributed by atoms with Gasteiger partial charge in [-0.25, -0.2) is 4.79 Å². The van der Waals surface area contributed by atoms with E-state index >= 15 is 0 Å². The van der Waals surface area contributed by atoms with Crippen molar-refractivity contribution in [3.8, 4) is 11.5 Å². The maximum absolute atomic E-state index is 13.6. The lowest BCUT2D eigenvalue weighted by molar-refractivity contribution is -0.137. The van der Waals surface area contributed by atoms with Crippen molar-refractivity contribution in [2.45, 2.75) is 64.6 Å². The predicted molar refractivity (Wildman–Crippen MR) is 131 cm³/mol. The summed E-state index contributed by atoms with van der Waals surface area (Å²) in [7, 11) is 1.63. The molecule has 0 radical (unpaired) electrons. The van der Waals surface area contributed by atoms with Crippen molar-refractivity contribution in [3.05, 3.63) is 64.7 Å². The minimum atomic E-state index is -0.961. The Bertz CT molecular complexity index is 1080. The Morgan fingerprint density at radius 1 is 1.06 bits per heavy atom. The van der Waals surface area contributed by atoms with E-state index in [4.69, 9.17) is 9.47 Å². The van der Waals surface area contributed by atoms with Gasteiger partial charge in [0.25, 0.3) is 0 Å². The number of hydrogen-bond donors (Lipinski definition) is 1. The van der Waals surface area contributed by atoms with E-state index in [1.165, 1.54) is 6.42 Å². The Labute approximate surface area is 201 Å². The highest BCUT2D eigenvalue weighted by Crippen LogP contribution is 2.41. The van der Waals surface area contributed by atoms with Crippen LogP contribution in [-0.2, 0) is 17.9 Å². The van der Waals surface area contributed by atoms with Crippen molar-refractivity contribution in [1.82, 2.24) is 4.90 Å². The van der Waals surface area contributed by atoms with Crippen molar-refractivity contribution in [1.29, 1.82) is 0 Å². The van der Waals surface area contributed by atoms with Crippen LogP contribution in [0.5, 0.6) is 11.5 Å². The molecule has 1 aliphatic carbocycles. The van der Waals surface area contributed by atoms with E-state index in [-0.39, 0.29) is 17.4 Å². The molecule has 0 bridgehead atoms. The summed E-state index contributed by atoms with van der Waals surface area (Å²) in [6.45, 7) is 4.79. The van der Waals surface area contributed by atoms with Crippen LogP contribution >= 0.6 is 0 Å². The Morgan fingerprint density at radius 2 is 1.76 bits per heavy atom. The Hall–Kier alpha value is -3.28. The van der Waals surface area contributed by atoms with Gasteiger partial charge >= 0.3 is 5.97 Å². The normalized spacial score (nSPS) is 16.9. The van der Waals surface area contributed by atoms with Crippen LogP contribution in [0.15, 0.2) is 42.5 Å². The van der Waals surface area contributed by atoms with E-state index in [9.17, 15) is 14.7 Å². The lowest BCUT2D eigenvalue weighted by Crippen LogP contribution is -2.36. The Kier molecular flexibility index (Phi) is 6.96. The average Bonchev–Trinajstić information content (AvgIpc) is 2.83. The third kappa shape index (κ3) is 5.27. The molecule has 180 valence electrons. The second-order valence-corrected chi connectivity index (χ2v) is 9.75. The summed E-state index contributed by atoms with van der Waals surface area (Å²) < 4.78 is 12.0. The Morgan fingerprint density at radius 3 is 2.41 bits per heavy atom. The molecular formula is C28H33NO5. The molecular weight excluding hydrogens is 430 g/mol. The highest BCUT2D eigenvalue weighted by atomic mass is 16.5. The van der Waals surface area contributed by atoms with E-state index in [0.717, 1.165) is 42.4 Å². The van der Waals surface area contributed by atoms with E-state index in [2.05, 4.69) is 0 Å². The number of carboxylic acid groups (broad SMARTS) is 1. The van der Waals surface area contributed by atoms with Crippen molar-refractivity contribution < 1.29 is 24.2 Å². The number of fused-ring (bicyclic) bond motifs is 1. The first kappa shape index (κ1) is 23.9. The van der Waals surface area contributed by atoms with Gasteiger partial charge in [0, 0.05) is 30.1 Å². The Balaban J connectivity index is 1.64. The van der Waals surface area contributed by atoms with Gasteiger partial charge < -0.3 is 19.5 Å². The van der Waals surface area contributed by atoms with Gasteiger partial charge in [0.2, 0.25) is 5.91 Å². The monoisotopic (exact) mass is 463 g/mol. The summed E-state index contributed by atoms with van der Waals surface area (Å²) >= 11 is 0. The number of amides is 1. The lowest BCUT2D eigenvalue weighted by atomic mass is 9.88. The van der Waals surface area contributed by atoms with E-state index in [1.807, 2.05) is 43.0 Å². The van der Waals surface area contributed by atoms with Gasteiger partial charge in [0.05, 0.1) is 12.7 Å². The van der Waals surface area contributed by atoms with E-state index in [1.54, 1.807) is 31.4 Å². The number of rotatable bonds is 7. The molecule has 6 nitrogen and oxygen atoms in total. The summed E-state index contributed by atoms with van der Waals surface area (Å²) in [4.78, 5) is 26.7. The summed E-state index contributed by atoms with van der Waals surface area (Å²) in [5.41, 5.74) is 2.53. The summed E-state index contributed by atoms with van der Waals surface area (Å²) in [5, 5.41) is 9.21. The fourth-order valence-corrected chi connectivity index (χ4v) is 4.79. The average molecular weight is 464 g/mol. The SMILES string of the molecule is COc1c(CN(Cc2ccc(C(=O)O)cc2)C(=O)C2CCCCC2)ccc2c1OC(C)(C)C=C2. The first-order chi connectivity index (χ1) is 16.3. The highest BCUT2D eigenvalue weighted by Gasteiger charge is 2.30. The molecule has 6 heteroatoms. The molecule has 0 atom stereocenters. The molecule has 0 unspecified atom stereocenters. The maximum Gasteiger partial charge on any atom is 0.335 e. The number of methoxy groups -OCH3 is 1. The first-order valence-corrected chi connectivity index (χ1v) is 12.0. The molecule has 34 heavy (non-hydrogen) atoms. The van der Waals surface area contributed by atoms with Crippen LogP contribution in [0, 0.1) is 5.92 Å². The van der Waals surface area contributed by atoms with Crippen molar-refractivity contribution in [2.75, 3.05) is 7.11 Å². The molecule has 0 aromatic heterocycles. The number of benzene rings is 2. The van der Waals surface area contributed by atoms with Crippen LogP contribution in [0.2, 0.25) is 0 Å². The first-order valence-electron chi connectivity index (χ1n) is 12.0. The number of nitrogens with zero attached hydrogens (tertiary/aromatic N) is 1. The van der Waals surface area contributed by atoms with Crippen LogP contribution in [0.4, 0.5) is 0 Å². The highest BCUT2D eigenvalue weighted by molar-refractivity contribution is 5.87. The van der Waals surface area contributed by atoms with E-state index in [0.29, 0.717) is 24.6 Å². The van der Waals surface area contributed by atoms with Gasteiger partial charge in [-0.1, -0.05) is 49.6 Å². The summed E-state index contributed by atoms with van der Waals surface area (Å²) in [6.07, 6.45) is 9.23. The number of aromatic carboxylic acids is 1. The van der Waals surface area contributed by atoms with Crippen LogP contribution in [0.3, 0.4) is 0 Å². The molecule has 2 aromatic carbocycles. The van der Waals surface area contributed by atoms with Crippen LogP contribution < -0.4 is 9.47 Å². The zero-order valence-corrected chi connectivity index (χ0v) is 20.2. The van der Waals surface area contributed by atoms with Crippen molar-refractivity contribution in [2.24, 2.45) is 5.92 Å². The maximum atomic E-state index is 13.6. The predicted octanol–water partition coefficient (Wildman–Crippen LogP) is 5.69. The van der Waals surface area contributed by atoms with Gasteiger partial charge in [-0.2, -0.15) is 0 Å². The van der Waals surface area contributed by atoms with Gasteiger partial charge in [0.1, 0.15) is 5.60 Å². The lowest BCUT2D eigenvalue weighted by Gasteiger charge is -2.32. The van der Waals surface area contributed by atoms with Crippen LogP contribution in [-0.4, -0.2) is 34.6 Å². The third-order valence-corrected chi connectivity index (χ3v) is 6.66. The molecule has 1 heterocycles. The van der Waals surface area contributed by atoms with Gasteiger partial charge in [-0.3, -0.25) is 4.79 Å². The molecule has 2 aliphatic rings. The molecule has 0 saturated heterocycles. The molecule has 1 amide bonds. The van der Waals surface area contributed by atoms with Crippen molar-refractivity contribution in [3.63, 3.8) is 0 Å². The summed E-state index contributed by atoms with van der Waals surface area (Å²) in [6, 6.07) is 10.7. The number of carboxylic acids is 1. The van der Waals surface area contributed by atoms with Gasteiger partial charge in [0.15, 0.2) is 11.5 Å². The molecule has 0 spiro atoms. The second-order valence-electron chi connectivity index (χ2n) is 9.75. The minimum absolute atomic E-state index is 0.0220. The molecule has 4 rings (SSSR count). The van der Waals surface area contributed by atoms with Crippen LogP contribution in [0.25, 0.3) is 6.08 Å². The summed E-state index contributed by atoms with van der Waals surface area (Å²) in [5.74, 6) is 0.551. The van der Waals surface area contributed by atoms with Crippen LogP contribution in [0.1, 0.15) is 73.0 Å². The zero-order chi connectivity index (χ0) is 24.3. The van der Waals surface area contributed by atoms with Gasteiger partial charge in [-0.15, -0.1) is 0 Å². The van der Waals surface area contributed by atoms with Crippen molar-refractivity contribution >= 4 is 18.0 Å². The number of carbonyl (C=O) groups excluding carboxylic acids is 1. The van der Waals surface area contributed by atoms with Gasteiger partial charge in [-0.05, 0) is 50.5 Å². The fourth-order valence-electron chi connectivity index (χ4n) is 4.79. The second kappa shape index (κ2) is 9.92. The quantitative estimate of drug-likeness (QED) is 0.571. The standard InChI is InChI=1S/C28H33NO5/c1-28(2)16-15-20-13-14-23(24(33-3)25(20)34-28)18-29(26(30)21-7-5-4-6-8-21)17-19-9-11-22(12-10-19)27(31)32/h9-16,21H,4-8,17-18H2,1-3H3,(H,31,32). The number of hydrogen-bond acceptors (Lipinski definition) is 4. The molecule has 2 aromatic rings.